The van der Waals surface area contributed by atoms with Crippen molar-refractivity contribution in [3.8, 4) is 0 Å². The second-order valence-corrected chi connectivity index (χ2v) is 3.71. The van der Waals surface area contributed by atoms with Crippen LogP contribution in [0.15, 0.2) is 21.9 Å². The number of hydrogen-bond donors (Lipinski definition) is 2. The normalized spacial score (nSPS) is 29.9. The Morgan fingerprint density at radius 3 is 2.87 bits per heavy atom. The fraction of sp³-hybridized carbons (Fsp3) is 0.556. The van der Waals surface area contributed by atoms with Crippen LogP contribution >= 0.6 is 0 Å². The second-order valence-electron chi connectivity index (χ2n) is 3.71. The molecule has 0 bridgehead atoms. The maximum atomic E-state index is 13.4. The Morgan fingerprint density at radius 1 is 1.60 bits per heavy atom. The van der Waals surface area contributed by atoms with Crippen LogP contribution in [0.4, 0.5) is 4.39 Å². The summed E-state index contributed by atoms with van der Waals surface area (Å²) in [6.45, 7) is -0.213. The first-order valence-electron chi connectivity index (χ1n) is 4.70. The summed E-state index contributed by atoms with van der Waals surface area (Å²) in [5, 5.41) is 8.75. The maximum Gasteiger partial charge on any atom is 0.328 e. The summed E-state index contributed by atoms with van der Waals surface area (Å²) in [4.78, 5) is 24.1. The fourth-order valence-corrected chi connectivity index (χ4v) is 1.82. The molecule has 15 heavy (non-hydrogen) atoms. The lowest BCUT2D eigenvalue weighted by Crippen LogP contribution is -2.46. The average molecular weight is 214 g/mol. The Bertz CT molecular complexity index is 467. The predicted octanol–water partition coefficient (Wildman–Crippen LogP) is -0.572. The molecule has 5 nitrogen and oxygen atoms in total. The summed E-state index contributed by atoms with van der Waals surface area (Å²) in [5.41, 5.74) is -1.10. The molecule has 1 aromatic heterocycles. The number of nitrogens with zero attached hydrogens (tertiary/aromatic N) is 1. The van der Waals surface area contributed by atoms with Gasteiger partial charge < -0.3 is 5.11 Å². The van der Waals surface area contributed by atoms with Crippen LogP contribution in [0.25, 0.3) is 0 Å². The number of rotatable bonds is 2. The number of halogens is 1. The van der Waals surface area contributed by atoms with Crippen LogP contribution in [0.1, 0.15) is 12.5 Å². The largest absolute Gasteiger partial charge is 0.396 e. The van der Waals surface area contributed by atoms with E-state index in [0.29, 0.717) is 6.42 Å². The lowest BCUT2D eigenvalue weighted by molar-refractivity contribution is -0.000381. The Labute approximate surface area is 84.2 Å². The molecule has 82 valence electrons. The van der Waals surface area contributed by atoms with Crippen LogP contribution in [0, 0.1) is 5.92 Å². The van der Waals surface area contributed by atoms with Gasteiger partial charge in [-0.05, 0) is 6.42 Å². The molecular weight excluding hydrogens is 203 g/mol. The van der Waals surface area contributed by atoms with E-state index in [1.165, 1.54) is 12.3 Å². The van der Waals surface area contributed by atoms with E-state index in [1.807, 2.05) is 0 Å². The zero-order valence-electron chi connectivity index (χ0n) is 7.89. The summed E-state index contributed by atoms with van der Waals surface area (Å²) >= 11 is 0. The van der Waals surface area contributed by atoms with Gasteiger partial charge >= 0.3 is 5.69 Å². The summed E-state index contributed by atoms with van der Waals surface area (Å²) in [7, 11) is 0. The molecule has 0 aromatic carbocycles. The van der Waals surface area contributed by atoms with Crippen LogP contribution in [0.3, 0.4) is 0 Å². The fourth-order valence-electron chi connectivity index (χ4n) is 1.82. The van der Waals surface area contributed by atoms with E-state index >= 15 is 0 Å². The molecule has 1 aromatic rings. The van der Waals surface area contributed by atoms with Gasteiger partial charge in [-0.3, -0.25) is 14.3 Å². The number of nitrogens with one attached hydrogen (secondary N) is 1. The van der Waals surface area contributed by atoms with Gasteiger partial charge in [0.25, 0.3) is 5.56 Å². The highest BCUT2D eigenvalue weighted by Gasteiger charge is 2.42. The Hall–Kier alpha value is -1.43. The molecule has 1 aliphatic carbocycles. The monoisotopic (exact) mass is 214 g/mol. The molecule has 2 rings (SSSR count). The highest BCUT2D eigenvalue weighted by molar-refractivity contribution is 4.97. The summed E-state index contributed by atoms with van der Waals surface area (Å²) in [6.07, 6.45) is 0.480. The first-order chi connectivity index (χ1) is 7.13. The summed E-state index contributed by atoms with van der Waals surface area (Å²) in [6, 6.07) is 0.618. The first kappa shape index (κ1) is 10.1. The van der Waals surface area contributed by atoms with Crippen molar-refractivity contribution in [1.82, 2.24) is 9.55 Å². The smallest absolute Gasteiger partial charge is 0.328 e. The van der Waals surface area contributed by atoms with Gasteiger partial charge in [0.2, 0.25) is 0 Å². The molecule has 0 radical (unpaired) electrons. The maximum absolute atomic E-state index is 13.4. The summed E-state index contributed by atoms with van der Waals surface area (Å²) < 4.78 is 14.6. The molecular formula is C9H11FN2O3. The minimum absolute atomic E-state index is 0.213. The van der Waals surface area contributed by atoms with Gasteiger partial charge in [0.05, 0.1) is 6.04 Å². The molecule has 1 fully saturated rings. The van der Waals surface area contributed by atoms with Crippen LogP contribution in [0.2, 0.25) is 0 Å². The standard InChI is InChI=1S/C9H11FN2O3/c10-8-5(4-13)3-6(8)12-2-1-7(14)11-9(12)15/h1-2,5-6,8,13H,3-4H2,(H,11,14,15). The molecule has 0 spiro atoms. The minimum atomic E-state index is -1.22. The van der Waals surface area contributed by atoms with Crippen molar-refractivity contribution < 1.29 is 9.50 Å². The second kappa shape index (κ2) is 3.62. The van der Waals surface area contributed by atoms with Crippen molar-refractivity contribution in [1.29, 1.82) is 0 Å². The zero-order valence-corrected chi connectivity index (χ0v) is 7.89. The highest BCUT2D eigenvalue weighted by Crippen LogP contribution is 2.39. The number of hydrogen-bond acceptors (Lipinski definition) is 3. The Balaban J connectivity index is 2.26. The van der Waals surface area contributed by atoms with E-state index < -0.39 is 29.4 Å². The van der Waals surface area contributed by atoms with E-state index in [-0.39, 0.29) is 6.61 Å². The van der Waals surface area contributed by atoms with Crippen molar-refractivity contribution in [2.24, 2.45) is 5.92 Å². The van der Waals surface area contributed by atoms with Crippen LogP contribution in [-0.2, 0) is 0 Å². The zero-order chi connectivity index (χ0) is 11.0. The SMILES string of the molecule is O=c1ccn(C2CC(CO)C2F)c(=O)[nH]1. The molecule has 3 unspecified atom stereocenters. The third kappa shape index (κ3) is 1.61. The van der Waals surface area contributed by atoms with Gasteiger partial charge in [0.1, 0.15) is 6.17 Å². The van der Waals surface area contributed by atoms with E-state index in [2.05, 4.69) is 4.98 Å². The van der Waals surface area contributed by atoms with E-state index in [9.17, 15) is 14.0 Å². The molecule has 1 heterocycles. The Morgan fingerprint density at radius 2 is 2.33 bits per heavy atom. The van der Waals surface area contributed by atoms with Gasteiger partial charge in [-0.25, -0.2) is 9.18 Å². The quantitative estimate of drug-likeness (QED) is 0.692. The lowest BCUT2D eigenvalue weighted by atomic mass is 9.78. The third-order valence-electron chi connectivity index (χ3n) is 2.81. The lowest BCUT2D eigenvalue weighted by Gasteiger charge is -2.39. The highest BCUT2D eigenvalue weighted by atomic mass is 19.1. The molecule has 0 aliphatic heterocycles. The molecule has 1 saturated carbocycles. The van der Waals surface area contributed by atoms with Gasteiger partial charge in [0, 0.05) is 24.8 Å². The molecule has 6 heteroatoms. The molecule has 0 amide bonds. The third-order valence-corrected chi connectivity index (χ3v) is 2.81. The number of aliphatic hydroxyl groups is 1. The van der Waals surface area contributed by atoms with Crippen molar-refractivity contribution >= 4 is 0 Å². The number of aromatic amines is 1. The number of aliphatic hydroxyl groups excluding tert-OH is 1. The van der Waals surface area contributed by atoms with Gasteiger partial charge in [0.15, 0.2) is 0 Å². The van der Waals surface area contributed by atoms with Crippen molar-refractivity contribution in [3.63, 3.8) is 0 Å². The molecule has 1 aliphatic rings. The van der Waals surface area contributed by atoms with Crippen LogP contribution in [0.5, 0.6) is 0 Å². The van der Waals surface area contributed by atoms with Gasteiger partial charge in [-0.2, -0.15) is 0 Å². The van der Waals surface area contributed by atoms with Gasteiger partial charge in [-0.1, -0.05) is 0 Å². The van der Waals surface area contributed by atoms with Crippen molar-refractivity contribution in [3.05, 3.63) is 33.1 Å². The van der Waals surface area contributed by atoms with Crippen molar-refractivity contribution in [2.45, 2.75) is 18.6 Å². The molecule has 3 atom stereocenters. The van der Waals surface area contributed by atoms with Crippen LogP contribution in [-0.4, -0.2) is 27.4 Å². The van der Waals surface area contributed by atoms with E-state index in [4.69, 9.17) is 5.11 Å². The average Bonchev–Trinajstić information content (AvgIpc) is 2.20. The Kier molecular flexibility index (Phi) is 2.44. The predicted molar refractivity (Wildman–Crippen MR) is 50.4 cm³/mol. The topological polar surface area (TPSA) is 75.1 Å². The van der Waals surface area contributed by atoms with Crippen LogP contribution < -0.4 is 11.2 Å². The number of alkyl halides is 1. The van der Waals surface area contributed by atoms with E-state index in [0.717, 1.165) is 4.57 Å². The first-order valence-corrected chi connectivity index (χ1v) is 4.70. The number of aromatic nitrogens is 2. The summed E-state index contributed by atoms with van der Waals surface area (Å²) in [5.74, 6) is -0.395. The molecule has 0 saturated heterocycles. The van der Waals surface area contributed by atoms with E-state index in [1.54, 1.807) is 0 Å². The van der Waals surface area contributed by atoms with Gasteiger partial charge in [-0.15, -0.1) is 0 Å². The molecule has 2 N–H and O–H groups in total. The minimum Gasteiger partial charge on any atom is -0.396 e. The number of H-pyrrole nitrogens is 1. The van der Waals surface area contributed by atoms with Crippen molar-refractivity contribution in [2.75, 3.05) is 6.61 Å².